The molecular formula is C25H46N4O. The van der Waals surface area contributed by atoms with Gasteiger partial charge in [-0.15, -0.1) is 0 Å². The Morgan fingerprint density at radius 3 is 1.80 bits per heavy atom. The number of likely N-dealkylation sites (N-methyl/N-ethyl adjacent to an activating group) is 1. The number of nitrogen functional groups attached to an aromatic ring is 2. The number of benzene rings is 2. The first-order valence-electron chi connectivity index (χ1n) is 10.7. The van der Waals surface area contributed by atoms with Gasteiger partial charge in [0.15, 0.2) is 0 Å². The molecule has 0 saturated carbocycles. The summed E-state index contributed by atoms with van der Waals surface area (Å²) in [5, 5.41) is 5.06. The molecule has 172 valence electrons. The summed E-state index contributed by atoms with van der Waals surface area (Å²) in [6.45, 7) is 8.95. The number of rotatable bonds is 8. The van der Waals surface area contributed by atoms with Crippen molar-refractivity contribution in [3.8, 4) is 0 Å². The van der Waals surface area contributed by atoms with Gasteiger partial charge in [0.2, 0.25) is 0 Å². The Labute approximate surface area is 184 Å². The average Bonchev–Trinajstić information content (AvgIpc) is 2.72. The molecule has 5 heteroatoms. The Morgan fingerprint density at radius 1 is 1.00 bits per heavy atom. The van der Waals surface area contributed by atoms with Crippen molar-refractivity contribution in [2.24, 2.45) is 11.7 Å². The van der Waals surface area contributed by atoms with Crippen LogP contribution in [0.25, 0.3) is 10.8 Å². The minimum absolute atomic E-state index is 0. The number of ketones is 1. The fourth-order valence-electron chi connectivity index (χ4n) is 2.67. The molecule has 0 saturated heterocycles. The average molecular weight is 419 g/mol. The molecule has 0 aliphatic rings. The van der Waals surface area contributed by atoms with Crippen molar-refractivity contribution in [1.29, 1.82) is 0 Å². The van der Waals surface area contributed by atoms with Crippen molar-refractivity contribution in [1.82, 2.24) is 5.32 Å². The zero-order chi connectivity index (χ0) is 22.2. The maximum atomic E-state index is 10.9. The van der Waals surface area contributed by atoms with Crippen LogP contribution in [0.5, 0.6) is 0 Å². The summed E-state index contributed by atoms with van der Waals surface area (Å²) in [5.74, 6) is 0.966. The van der Waals surface area contributed by atoms with E-state index in [1.54, 1.807) is 6.92 Å². The highest BCUT2D eigenvalue weighted by Crippen LogP contribution is 2.24. The third-order valence-corrected chi connectivity index (χ3v) is 5.02. The lowest BCUT2D eigenvalue weighted by Gasteiger charge is -2.11. The third kappa shape index (κ3) is 11.8. The number of carbonyl (C=O) groups excluding carboxylic acids is 1. The molecule has 2 aromatic rings. The van der Waals surface area contributed by atoms with Crippen molar-refractivity contribution >= 4 is 27.9 Å². The van der Waals surface area contributed by atoms with E-state index < -0.39 is 0 Å². The highest BCUT2D eigenvalue weighted by atomic mass is 16.1. The summed E-state index contributed by atoms with van der Waals surface area (Å²) in [6, 6.07) is 11.6. The number of nitrogens with two attached hydrogens (primary N) is 3. The zero-order valence-corrected chi connectivity index (χ0v) is 19.0. The maximum absolute atomic E-state index is 10.9. The number of carbonyl (C=O) groups is 1. The molecule has 2 unspecified atom stereocenters. The molecule has 7 N–H and O–H groups in total. The first-order chi connectivity index (χ1) is 13.8. The Hall–Kier alpha value is -2.11. The van der Waals surface area contributed by atoms with Gasteiger partial charge in [-0.3, -0.25) is 4.79 Å². The molecule has 2 atom stereocenters. The van der Waals surface area contributed by atoms with Gasteiger partial charge in [0.25, 0.3) is 0 Å². The molecule has 0 fully saturated rings. The maximum Gasteiger partial charge on any atom is 0.146 e. The van der Waals surface area contributed by atoms with E-state index in [4.69, 9.17) is 17.2 Å². The lowest BCUT2D eigenvalue weighted by Crippen LogP contribution is -2.31. The summed E-state index contributed by atoms with van der Waals surface area (Å²) in [4.78, 5) is 10.9. The SMILES string of the molecule is C.CCC(C)CN.CCCCCC(NC)C(C)=O.Nc1cccc2c(N)cccc12. The van der Waals surface area contributed by atoms with Crippen LogP contribution in [0, 0.1) is 5.92 Å². The number of anilines is 2. The molecule has 0 bridgehead atoms. The fraction of sp³-hybridized carbons (Fsp3) is 0.560. The van der Waals surface area contributed by atoms with Crippen LogP contribution in [-0.4, -0.2) is 25.4 Å². The molecular weight excluding hydrogens is 372 g/mol. The van der Waals surface area contributed by atoms with Crippen molar-refractivity contribution < 1.29 is 4.79 Å². The van der Waals surface area contributed by atoms with Crippen LogP contribution in [0.15, 0.2) is 36.4 Å². The van der Waals surface area contributed by atoms with Gasteiger partial charge in [0.1, 0.15) is 5.78 Å². The van der Waals surface area contributed by atoms with Crippen molar-refractivity contribution in [2.75, 3.05) is 25.1 Å². The molecule has 0 spiro atoms. The summed E-state index contributed by atoms with van der Waals surface area (Å²) in [7, 11) is 1.85. The van der Waals surface area contributed by atoms with E-state index in [0.29, 0.717) is 5.92 Å². The van der Waals surface area contributed by atoms with Crippen LogP contribution in [0.1, 0.15) is 67.2 Å². The van der Waals surface area contributed by atoms with Gasteiger partial charge in [0, 0.05) is 22.1 Å². The first-order valence-corrected chi connectivity index (χ1v) is 10.7. The molecule has 0 aliphatic carbocycles. The number of hydrogen-bond acceptors (Lipinski definition) is 5. The summed E-state index contributed by atoms with van der Waals surface area (Å²) < 4.78 is 0. The number of fused-ring (bicyclic) bond motifs is 1. The van der Waals surface area contributed by atoms with Gasteiger partial charge in [-0.1, -0.05) is 78.1 Å². The predicted molar refractivity (Wildman–Crippen MR) is 136 cm³/mol. The summed E-state index contributed by atoms with van der Waals surface area (Å²) in [6.07, 6.45) is 5.79. The number of nitrogens with one attached hydrogen (secondary N) is 1. The van der Waals surface area contributed by atoms with Crippen LogP contribution in [0.4, 0.5) is 11.4 Å². The van der Waals surface area contributed by atoms with E-state index in [9.17, 15) is 4.79 Å². The Bertz CT molecular complexity index is 657. The molecule has 0 heterocycles. The quantitative estimate of drug-likeness (QED) is 0.340. The number of unbranched alkanes of at least 4 members (excludes halogenated alkanes) is 2. The Morgan fingerprint density at radius 2 is 1.50 bits per heavy atom. The highest BCUT2D eigenvalue weighted by molar-refractivity contribution is 5.99. The second kappa shape index (κ2) is 17.7. The lowest BCUT2D eigenvalue weighted by atomic mass is 10.1. The number of hydrogen-bond donors (Lipinski definition) is 4. The van der Waals surface area contributed by atoms with E-state index in [1.165, 1.54) is 19.3 Å². The van der Waals surface area contributed by atoms with E-state index in [-0.39, 0.29) is 19.3 Å². The van der Waals surface area contributed by atoms with E-state index in [0.717, 1.165) is 41.5 Å². The minimum Gasteiger partial charge on any atom is -0.398 e. The van der Waals surface area contributed by atoms with Crippen molar-refractivity contribution in [3.63, 3.8) is 0 Å². The van der Waals surface area contributed by atoms with Crippen LogP contribution >= 0.6 is 0 Å². The zero-order valence-electron chi connectivity index (χ0n) is 19.0. The van der Waals surface area contributed by atoms with Gasteiger partial charge in [-0.2, -0.15) is 0 Å². The van der Waals surface area contributed by atoms with Gasteiger partial charge in [-0.05, 0) is 45.0 Å². The van der Waals surface area contributed by atoms with E-state index >= 15 is 0 Å². The second-order valence-electron chi connectivity index (χ2n) is 7.49. The fourth-order valence-corrected chi connectivity index (χ4v) is 2.67. The van der Waals surface area contributed by atoms with Crippen LogP contribution in [-0.2, 0) is 4.79 Å². The first kappa shape index (κ1) is 30.1. The van der Waals surface area contributed by atoms with Crippen LogP contribution in [0.3, 0.4) is 0 Å². The normalized spacial score (nSPS) is 11.8. The number of Topliss-reactive ketones (excluding diaryl/α,β-unsaturated/α-hetero) is 1. The monoisotopic (exact) mass is 418 g/mol. The smallest absolute Gasteiger partial charge is 0.146 e. The highest BCUT2D eigenvalue weighted by Gasteiger charge is 2.09. The minimum atomic E-state index is 0. The second-order valence-corrected chi connectivity index (χ2v) is 7.49. The van der Waals surface area contributed by atoms with E-state index in [2.05, 4.69) is 26.1 Å². The molecule has 2 aromatic carbocycles. The molecule has 2 rings (SSSR count). The lowest BCUT2D eigenvalue weighted by molar-refractivity contribution is -0.119. The van der Waals surface area contributed by atoms with Gasteiger partial charge >= 0.3 is 0 Å². The molecule has 0 aromatic heterocycles. The van der Waals surface area contributed by atoms with Gasteiger partial charge in [-0.25, -0.2) is 0 Å². The van der Waals surface area contributed by atoms with E-state index in [1.807, 2.05) is 43.4 Å². The van der Waals surface area contributed by atoms with Crippen molar-refractivity contribution in [2.45, 2.75) is 73.3 Å². The van der Waals surface area contributed by atoms with Gasteiger partial charge in [0.05, 0.1) is 6.04 Å². The Balaban J connectivity index is 0. The topological polar surface area (TPSA) is 107 Å². The molecule has 5 nitrogen and oxygen atoms in total. The largest absolute Gasteiger partial charge is 0.398 e. The Kier molecular flexibility index (Phi) is 17.8. The molecule has 0 radical (unpaired) electrons. The summed E-state index contributed by atoms with van der Waals surface area (Å²) in [5.41, 5.74) is 18.4. The van der Waals surface area contributed by atoms with Gasteiger partial charge < -0.3 is 22.5 Å². The van der Waals surface area contributed by atoms with Crippen LogP contribution in [0.2, 0.25) is 0 Å². The van der Waals surface area contributed by atoms with Crippen molar-refractivity contribution in [3.05, 3.63) is 36.4 Å². The van der Waals surface area contributed by atoms with Crippen LogP contribution < -0.4 is 22.5 Å². The summed E-state index contributed by atoms with van der Waals surface area (Å²) >= 11 is 0. The molecule has 30 heavy (non-hydrogen) atoms. The molecule has 0 aliphatic heterocycles. The standard InChI is InChI=1S/C10H10N2.C9H19NO.C5H13N.CH4/c11-9-5-1-3-7-8(9)4-2-6-10(7)12;1-4-5-6-7-9(10-3)8(2)11;1-3-5(2)4-6;/h1-6H,11-12H2;9-10H,4-7H2,1-3H3;5H,3-4,6H2,1-2H3;1H4. The molecule has 0 amide bonds. The predicted octanol–water partition coefficient (Wildman–Crippen LogP) is 5.38. The third-order valence-electron chi connectivity index (χ3n) is 5.02.